The molecular formula is C6H11IN2O3S. The molecule has 2 unspecified atom stereocenters. The Kier molecular flexibility index (Phi) is 3.18. The maximum Gasteiger partial charge on any atom is 0.224 e. The van der Waals surface area contributed by atoms with Crippen LogP contribution in [0.2, 0.25) is 0 Å². The fourth-order valence-corrected chi connectivity index (χ4v) is 2.54. The monoisotopic (exact) mass is 318 g/mol. The van der Waals surface area contributed by atoms with Gasteiger partial charge in [0.25, 0.3) is 0 Å². The van der Waals surface area contributed by atoms with Crippen molar-refractivity contribution in [3.05, 3.63) is 0 Å². The number of amides is 1. The number of primary sulfonamides is 1. The molecule has 2 N–H and O–H groups in total. The number of sulfonamides is 1. The van der Waals surface area contributed by atoms with Crippen molar-refractivity contribution in [3.63, 3.8) is 0 Å². The van der Waals surface area contributed by atoms with Crippen LogP contribution >= 0.6 is 22.6 Å². The van der Waals surface area contributed by atoms with Gasteiger partial charge in [-0.1, -0.05) is 22.6 Å². The van der Waals surface area contributed by atoms with Crippen molar-refractivity contribution < 1.29 is 13.2 Å². The topological polar surface area (TPSA) is 80.5 Å². The van der Waals surface area contributed by atoms with Gasteiger partial charge >= 0.3 is 0 Å². The van der Waals surface area contributed by atoms with Crippen LogP contribution in [0.5, 0.6) is 0 Å². The zero-order valence-electron chi connectivity index (χ0n) is 7.10. The predicted molar refractivity (Wildman–Crippen MR) is 56.7 cm³/mol. The van der Waals surface area contributed by atoms with Crippen LogP contribution in [-0.4, -0.2) is 35.1 Å². The minimum absolute atomic E-state index is 0.0110. The number of rotatable bonds is 2. The molecule has 0 radical (unpaired) electrons. The summed E-state index contributed by atoms with van der Waals surface area (Å²) < 4.78 is 21.9. The predicted octanol–water partition coefficient (Wildman–Crippen LogP) is -0.343. The molecule has 1 aliphatic heterocycles. The van der Waals surface area contributed by atoms with E-state index in [9.17, 15) is 13.2 Å². The average molecular weight is 318 g/mol. The van der Waals surface area contributed by atoms with E-state index in [1.807, 2.05) is 6.92 Å². The maximum absolute atomic E-state index is 11.3. The highest BCUT2D eigenvalue weighted by Crippen LogP contribution is 2.21. The first-order chi connectivity index (χ1) is 5.82. The van der Waals surface area contributed by atoms with Gasteiger partial charge in [-0.25, -0.2) is 13.6 Å². The van der Waals surface area contributed by atoms with Gasteiger partial charge in [0, 0.05) is 13.0 Å². The van der Waals surface area contributed by atoms with Crippen LogP contribution < -0.4 is 5.14 Å². The van der Waals surface area contributed by atoms with Crippen molar-refractivity contribution in [2.24, 2.45) is 5.14 Å². The van der Waals surface area contributed by atoms with E-state index in [0.29, 0.717) is 0 Å². The summed E-state index contributed by atoms with van der Waals surface area (Å²) in [5.41, 5.74) is 0. The summed E-state index contributed by atoms with van der Waals surface area (Å²) in [6.45, 7) is 2.06. The summed E-state index contributed by atoms with van der Waals surface area (Å²) in [4.78, 5) is 12.8. The number of hydrogen-bond donors (Lipinski definition) is 1. The Morgan fingerprint density at radius 3 is 2.46 bits per heavy atom. The number of hydrogen-bond acceptors (Lipinski definition) is 3. The van der Waals surface area contributed by atoms with Crippen molar-refractivity contribution in [1.82, 2.24) is 4.90 Å². The second-order valence-electron chi connectivity index (χ2n) is 3.04. The summed E-state index contributed by atoms with van der Waals surface area (Å²) >= 11 is 2.07. The van der Waals surface area contributed by atoms with Gasteiger partial charge in [-0.3, -0.25) is 4.79 Å². The molecule has 1 rings (SSSR count). The van der Waals surface area contributed by atoms with E-state index in [-0.39, 0.29) is 22.9 Å². The standard InChI is InChI=1S/C6H11IN2O3S/c1-4(7)9-3-5(2-6(9)10)13(8,11)12/h4-5H,2-3H2,1H3,(H2,8,11,12). The molecular weight excluding hydrogens is 307 g/mol. The van der Waals surface area contributed by atoms with Gasteiger partial charge in [0.2, 0.25) is 15.9 Å². The molecule has 0 aromatic carbocycles. The number of alkyl halides is 1. The highest BCUT2D eigenvalue weighted by atomic mass is 127. The second-order valence-corrected chi connectivity index (χ2v) is 6.68. The third-order valence-electron chi connectivity index (χ3n) is 2.02. The van der Waals surface area contributed by atoms with E-state index >= 15 is 0 Å². The molecule has 1 amide bonds. The summed E-state index contributed by atoms with van der Waals surface area (Å²) in [6, 6.07) is 0. The Morgan fingerprint density at radius 1 is 1.69 bits per heavy atom. The van der Waals surface area contributed by atoms with E-state index in [2.05, 4.69) is 22.6 Å². The smallest absolute Gasteiger partial charge is 0.224 e. The van der Waals surface area contributed by atoms with Crippen molar-refractivity contribution in [2.45, 2.75) is 22.6 Å². The Balaban J connectivity index is 2.77. The lowest BCUT2D eigenvalue weighted by atomic mass is 10.4. The lowest BCUT2D eigenvalue weighted by molar-refractivity contribution is -0.127. The molecule has 1 fully saturated rings. The first-order valence-corrected chi connectivity index (χ1v) is 6.63. The number of likely N-dealkylation sites (tertiary alicyclic amines) is 1. The van der Waals surface area contributed by atoms with Crippen LogP contribution in [0.3, 0.4) is 0 Å². The number of halogens is 1. The third kappa shape index (κ3) is 2.53. The zero-order valence-corrected chi connectivity index (χ0v) is 10.1. The normalized spacial score (nSPS) is 26.5. The van der Waals surface area contributed by atoms with Crippen molar-refractivity contribution in [2.75, 3.05) is 6.54 Å². The number of nitrogens with two attached hydrogens (primary N) is 1. The molecule has 0 bridgehead atoms. The number of nitrogens with zero attached hydrogens (tertiary/aromatic N) is 1. The van der Waals surface area contributed by atoms with Crippen LogP contribution in [0, 0.1) is 0 Å². The molecule has 0 aliphatic carbocycles. The Hall–Kier alpha value is 0.110. The molecule has 2 atom stereocenters. The molecule has 0 spiro atoms. The summed E-state index contributed by atoms with van der Waals surface area (Å²) in [6.07, 6.45) is 0.0200. The van der Waals surface area contributed by atoms with Gasteiger partial charge in [-0.15, -0.1) is 0 Å². The molecule has 1 saturated heterocycles. The first kappa shape index (κ1) is 11.2. The fourth-order valence-electron chi connectivity index (χ4n) is 1.26. The quantitative estimate of drug-likeness (QED) is 0.430. The van der Waals surface area contributed by atoms with E-state index in [1.165, 1.54) is 4.90 Å². The Bertz CT molecular complexity index is 314. The van der Waals surface area contributed by atoms with Crippen LogP contribution in [0.25, 0.3) is 0 Å². The summed E-state index contributed by atoms with van der Waals surface area (Å²) in [5.74, 6) is -0.138. The fraction of sp³-hybridized carbons (Fsp3) is 0.833. The lowest BCUT2D eigenvalue weighted by Crippen LogP contribution is -2.34. The third-order valence-corrected chi connectivity index (χ3v) is 3.93. The average Bonchev–Trinajstić information content (AvgIpc) is 2.29. The van der Waals surface area contributed by atoms with Crippen LogP contribution in [0.4, 0.5) is 0 Å². The molecule has 7 heteroatoms. The van der Waals surface area contributed by atoms with Crippen LogP contribution in [-0.2, 0) is 14.8 Å². The zero-order chi connectivity index (χ0) is 10.2. The van der Waals surface area contributed by atoms with Crippen LogP contribution in [0.15, 0.2) is 0 Å². The molecule has 1 aliphatic rings. The van der Waals surface area contributed by atoms with Gasteiger partial charge in [-0.05, 0) is 6.92 Å². The van der Waals surface area contributed by atoms with Crippen LogP contribution in [0.1, 0.15) is 13.3 Å². The molecule has 76 valence electrons. The van der Waals surface area contributed by atoms with Gasteiger partial charge in [-0.2, -0.15) is 0 Å². The largest absolute Gasteiger partial charge is 0.330 e. The minimum Gasteiger partial charge on any atom is -0.330 e. The molecule has 0 saturated carbocycles. The number of carbonyl (C=O) groups is 1. The first-order valence-electron chi connectivity index (χ1n) is 3.77. The molecule has 0 aromatic rings. The number of carbonyl (C=O) groups excluding carboxylic acids is 1. The summed E-state index contributed by atoms with van der Waals surface area (Å²) in [7, 11) is -3.57. The second kappa shape index (κ2) is 3.70. The Labute approximate surface area is 90.8 Å². The lowest BCUT2D eigenvalue weighted by Gasteiger charge is -2.18. The maximum atomic E-state index is 11.3. The summed E-state index contributed by atoms with van der Waals surface area (Å²) in [5, 5.41) is 4.23. The minimum atomic E-state index is -3.57. The van der Waals surface area contributed by atoms with Gasteiger partial charge in [0.1, 0.15) is 5.25 Å². The Morgan fingerprint density at radius 2 is 2.23 bits per heavy atom. The highest BCUT2D eigenvalue weighted by Gasteiger charge is 2.37. The molecule has 13 heavy (non-hydrogen) atoms. The van der Waals surface area contributed by atoms with Gasteiger partial charge < -0.3 is 4.90 Å². The molecule has 0 aromatic heterocycles. The van der Waals surface area contributed by atoms with Crippen molar-refractivity contribution in [1.29, 1.82) is 0 Å². The SMILES string of the molecule is CC(I)N1CC(S(N)(=O)=O)CC1=O. The van der Waals surface area contributed by atoms with E-state index < -0.39 is 15.3 Å². The van der Waals surface area contributed by atoms with Gasteiger partial charge in [0.05, 0.1) is 4.05 Å². The van der Waals surface area contributed by atoms with Crippen molar-refractivity contribution in [3.8, 4) is 0 Å². The van der Waals surface area contributed by atoms with E-state index in [1.54, 1.807) is 0 Å². The molecule has 1 heterocycles. The van der Waals surface area contributed by atoms with E-state index in [0.717, 1.165) is 0 Å². The van der Waals surface area contributed by atoms with Crippen molar-refractivity contribution >= 4 is 38.5 Å². The molecule has 5 nitrogen and oxygen atoms in total. The van der Waals surface area contributed by atoms with Gasteiger partial charge in [0.15, 0.2) is 0 Å². The highest BCUT2D eigenvalue weighted by molar-refractivity contribution is 14.1. The van der Waals surface area contributed by atoms with E-state index in [4.69, 9.17) is 5.14 Å².